The minimum Gasteiger partial charge on any atom is -0.456 e. The highest BCUT2D eigenvalue weighted by Gasteiger charge is 2.52. The van der Waals surface area contributed by atoms with Crippen LogP contribution in [0.4, 0.5) is 0 Å². The van der Waals surface area contributed by atoms with Crippen molar-refractivity contribution >= 4 is 41.1 Å². The first kappa shape index (κ1) is 29.7. The molecule has 4 atom stereocenters. The summed E-state index contributed by atoms with van der Waals surface area (Å²) in [4.78, 5) is 9.43. The number of fused-ring (bicyclic) bond motifs is 3. The Balaban J connectivity index is 1.24. The third-order valence-corrected chi connectivity index (χ3v) is 14.6. The molecule has 0 saturated carbocycles. The van der Waals surface area contributed by atoms with E-state index in [2.05, 4.69) is 45.5 Å². The summed E-state index contributed by atoms with van der Waals surface area (Å²) in [6, 6.07) is 2.14. The Labute approximate surface area is 251 Å². The predicted molar refractivity (Wildman–Crippen MR) is 160 cm³/mol. The van der Waals surface area contributed by atoms with E-state index in [0.29, 0.717) is 53.5 Å². The summed E-state index contributed by atoms with van der Waals surface area (Å²) >= 11 is 6.70. The van der Waals surface area contributed by atoms with Crippen LogP contribution in [0.1, 0.15) is 32.0 Å². The van der Waals surface area contributed by atoms with Crippen molar-refractivity contribution in [3.05, 3.63) is 41.2 Å². The van der Waals surface area contributed by atoms with Crippen molar-refractivity contribution in [1.82, 2.24) is 28.6 Å². The summed E-state index contributed by atoms with van der Waals surface area (Å²) < 4.78 is 54.1. The van der Waals surface area contributed by atoms with Gasteiger partial charge in [-0.25, -0.2) is 18.1 Å². The molecule has 2 fully saturated rings. The first-order valence-electron chi connectivity index (χ1n) is 13.9. The maximum atomic E-state index is 11.9. The van der Waals surface area contributed by atoms with E-state index in [0.717, 1.165) is 5.56 Å². The third-order valence-electron chi connectivity index (χ3n) is 8.66. The molecule has 12 nitrogen and oxygen atoms in total. The average Bonchev–Trinajstić information content (AvgIpc) is 3.67. The number of hydrogen-bond acceptors (Lipinski definition) is 9. The molecule has 3 aliphatic heterocycles. The highest BCUT2D eigenvalue weighted by molar-refractivity contribution is 7.88. The van der Waals surface area contributed by atoms with Gasteiger partial charge < -0.3 is 18.6 Å². The number of halogens is 1. The molecule has 228 valence electrons. The van der Waals surface area contributed by atoms with Crippen LogP contribution in [-0.4, -0.2) is 89.2 Å². The summed E-state index contributed by atoms with van der Waals surface area (Å²) in [6.07, 6.45) is 3.71. The van der Waals surface area contributed by atoms with Gasteiger partial charge in [0, 0.05) is 24.8 Å². The topological polar surface area (TPSA) is 123 Å². The Hall–Kier alpha value is -2.33. The number of aromatic nitrogens is 5. The Kier molecular flexibility index (Phi) is 7.35. The number of hydrogen-bond donors (Lipinski definition) is 0. The van der Waals surface area contributed by atoms with Crippen molar-refractivity contribution in [2.24, 2.45) is 0 Å². The zero-order chi connectivity index (χ0) is 30.2. The lowest BCUT2D eigenvalue weighted by molar-refractivity contribution is 0.0105. The molecule has 0 unspecified atom stereocenters. The van der Waals surface area contributed by atoms with Gasteiger partial charge in [-0.05, 0) is 24.2 Å². The van der Waals surface area contributed by atoms with E-state index in [-0.39, 0.29) is 42.5 Å². The van der Waals surface area contributed by atoms with Gasteiger partial charge in [-0.3, -0.25) is 4.57 Å². The average molecular weight is 637 g/mol. The second-order valence-corrected chi connectivity index (χ2v) is 19.8. The van der Waals surface area contributed by atoms with Crippen LogP contribution in [0, 0.1) is 0 Å². The predicted octanol–water partition coefficient (Wildman–Crippen LogP) is 3.67. The molecular weight excluding hydrogens is 600 g/mol. The van der Waals surface area contributed by atoms with Crippen LogP contribution in [0.5, 0.6) is 6.01 Å². The van der Waals surface area contributed by atoms with Gasteiger partial charge in [0.1, 0.15) is 12.2 Å². The quantitative estimate of drug-likeness (QED) is 0.269. The van der Waals surface area contributed by atoms with Crippen molar-refractivity contribution < 1.29 is 27.1 Å². The Bertz CT molecular complexity index is 1630. The molecule has 15 heteroatoms. The van der Waals surface area contributed by atoms with Gasteiger partial charge in [0.2, 0.25) is 10.0 Å². The zero-order valence-corrected chi connectivity index (χ0v) is 27.3. The standard InChI is InChI=1S/C27H37ClN6O6SSi/c1-8-9-33-19-10-17(28)25(34-12-16-11-32(41(5,35)36)13-18(16)31-34)29-24(19)30-26(33)39-20-14-37-23-21(15-38-22(20)23)40-42(6,7)27(2,3)4/h8,10,12,20-23H,1,9,11,13-15H2,2-7H3/t20-,21-,22-,23-/m1/s1. The normalized spacial score (nSPS) is 24.8. The number of allylic oxidation sites excluding steroid dienone is 1. The van der Waals surface area contributed by atoms with Crippen LogP contribution in [0.15, 0.2) is 24.9 Å². The molecule has 0 bridgehead atoms. The lowest BCUT2D eigenvalue weighted by atomic mass is 10.1. The van der Waals surface area contributed by atoms with Gasteiger partial charge >= 0.3 is 0 Å². The minimum atomic E-state index is -3.31. The van der Waals surface area contributed by atoms with E-state index in [1.54, 1.807) is 23.0 Å². The Morgan fingerprint density at radius 3 is 2.50 bits per heavy atom. The molecule has 3 aromatic heterocycles. The van der Waals surface area contributed by atoms with Crippen LogP contribution >= 0.6 is 11.6 Å². The second-order valence-electron chi connectivity index (χ2n) is 12.7. The first-order valence-corrected chi connectivity index (χ1v) is 19.1. The Morgan fingerprint density at radius 1 is 1.17 bits per heavy atom. The Morgan fingerprint density at radius 2 is 1.86 bits per heavy atom. The zero-order valence-electron chi connectivity index (χ0n) is 24.7. The molecule has 0 aliphatic carbocycles. The van der Waals surface area contributed by atoms with Gasteiger partial charge in [0.25, 0.3) is 6.01 Å². The van der Waals surface area contributed by atoms with Crippen LogP contribution in [0.2, 0.25) is 23.2 Å². The summed E-state index contributed by atoms with van der Waals surface area (Å²) in [5.74, 6) is 0.397. The molecular formula is C27H37ClN6O6SSi. The highest BCUT2D eigenvalue weighted by Crippen LogP contribution is 2.41. The minimum absolute atomic E-state index is 0.0784. The molecule has 3 aromatic rings. The number of ether oxygens (including phenoxy) is 3. The van der Waals surface area contributed by atoms with Crippen LogP contribution < -0.4 is 4.74 Å². The number of nitrogens with zero attached hydrogens (tertiary/aromatic N) is 6. The third kappa shape index (κ3) is 5.20. The van der Waals surface area contributed by atoms with E-state index >= 15 is 0 Å². The van der Waals surface area contributed by atoms with Gasteiger partial charge in [0.15, 0.2) is 25.9 Å². The fourth-order valence-electron chi connectivity index (χ4n) is 5.34. The summed E-state index contributed by atoms with van der Waals surface area (Å²) in [7, 11) is -5.32. The van der Waals surface area contributed by atoms with Crippen molar-refractivity contribution in [1.29, 1.82) is 0 Å². The maximum absolute atomic E-state index is 11.9. The molecule has 6 rings (SSSR count). The number of sulfonamides is 1. The SMILES string of the molecule is C=CCn1c(O[C@@H]2CO[C@H]3[C@@H]2OC[C@H]3O[Si](C)(C)C(C)(C)C)nc2nc(-n3cc4c(n3)CN(S(C)(=O)=O)C4)c(Cl)cc21. The summed E-state index contributed by atoms with van der Waals surface area (Å²) in [6.45, 7) is 16.7. The van der Waals surface area contributed by atoms with E-state index < -0.39 is 18.3 Å². The number of rotatable bonds is 8. The lowest BCUT2D eigenvalue weighted by Crippen LogP contribution is -2.47. The monoisotopic (exact) mass is 636 g/mol. The largest absolute Gasteiger partial charge is 0.456 e. The molecule has 0 aromatic carbocycles. The van der Waals surface area contributed by atoms with E-state index in [1.165, 1.54) is 10.6 Å². The number of imidazole rings is 1. The van der Waals surface area contributed by atoms with Crippen LogP contribution in [0.3, 0.4) is 0 Å². The smallest absolute Gasteiger partial charge is 0.299 e. The van der Waals surface area contributed by atoms with Gasteiger partial charge in [-0.15, -0.1) is 6.58 Å². The first-order chi connectivity index (χ1) is 19.7. The van der Waals surface area contributed by atoms with Crippen LogP contribution in [0.25, 0.3) is 17.0 Å². The van der Waals surface area contributed by atoms with Crippen molar-refractivity contribution in [2.75, 3.05) is 19.5 Å². The molecule has 0 radical (unpaired) electrons. The molecule has 2 saturated heterocycles. The van der Waals surface area contributed by atoms with Crippen LogP contribution in [-0.2, 0) is 43.6 Å². The van der Waals surface area contributed by atoms with Crippen molar-refractivity contribution in [2.45, 2.75) is 83.0 Å². The number of pyridine rings is 1. The maximum Gasteiger partial charge on any atom is 0.299 e. The molecule has 3 aliphatic rings. The lowest BCUT2D eigenvalue weighted by Gasteiger charge is -2.39. The van der Waals surface area contributed by atoms with Gasteiger partial charge in [0.05, 0.1) is 48.4 Å². The molecule has 42 heavy (non-hydrogen) atoms. The second kappa shape index (κ2) is 10.4. The molecule has 0 N–H and O–H groups in total. The summed E-state index contributed by atoms with van der Waals surface area (Å²) in [5.41, 5.74) is 2.59. The molecule has 6 heterocycles. The van der Waals surface area contributed by atoms with Gasteiger partial charge in [-0.2, -0.15) is 14.4 Å². The van der Waals surface area contributed by atoms with E-state index in [9.17, 15) is 8.42 Å². The fraction of sp³-hybridized carbons (Fsp3) is 0.593. The fourth-order valence-corrected chi connectivity index (χ4v) is 7.61. The molecule has 0 spiro atoms. The van der Waals surface area contributed by atoms with E-state index in [1.807, 2.05) is 4.57 Å². The van der Waals surface area contributed by atoms with Gasteiger partial charge in [-0.1, -0.05) is 38.4 Å². The van der Waals surface area contributed by atoms with Crippen molar-refractivity contribution in [3.8, 4) is 11.8 Å². The highest BCUT2D eigenvalue weighted by atomic mass is 35.5. The summed E-state index contributed by atoms with van der Waals surface area (Å²) in [5, 5.41) is 5.01. The van der Waals surface area contributed by atoms with Crippen molar-refractivity contribution in [3.63, 3.8) is 0 Å². The molecule has 0 amide bonds. The van der Waals surface area contributed by atoms with E-state index in [4.69, 9.17) is 40.2 Å².